The molecule has 1 aliphatic rings. The van der Waals surface area contributed by atoms with Crippen molar-refractivity contribution in [3.63, 3.8) is 0 Å². The molecule has 0 spiro atoms. The molecule has 1 atom stereocenters. The van der Waals surface area contributed by atoms with Crippen LogP contribution in [0.5, 0.6) is 0 Å². The van der Waals surface area contributed by atoms with Crippen molar-refractivity contribution in [3.05, 3.63) is 29.8 Å². The van der Waals surface area contributed by atoms with Crippen LogP contribution < -0.4 is 5.32 Å². The molecule has 0 aromatic heterocycles. The molecule has 1 saturated heterocycles. The number of carbonyl (C=O) groups is 2. The van der Waals surface area contributed by atoms with Crippen LogP contribution in [0.15, 0.2) is 29.2 Å². The van der Waals surface area contributed by atoms with Crippen molar-refractivity contribution in [2.45, 2.75) is 36.6 Å². The lowest BCUT2D eigenvalue weighted by molar-refractivity contribution is -0.143. The van der Waals surface area contributed by atoms with Crippen LogP contribution in [0.3, 0.4) is 0 Å². The first-order valence-electron chi connectivity index (χ1n) is 8.45. The molecule has 1 aliphatic heterocycles. The van der Waals surface area contributed by atoms with Gasteiger partial charge in [-0.1, -0.05) is 18.6 Å². The highest BCUT2D eigenvalue weighted by atomic mass is 32.2. The summed E-state index contributed by atoms with van der Waals surface area (Å²) in [5.74, 6) is -1.65. The second kappa shape index (κ2) is 9.11. The Morgan fingerprint density at radius 1 is 1.19 bits per heavy atom. The number of hydrogen-bond acceptors (Lipinski definition) is 5. The van der Waals surface area contributed by atoms with E-state index in [1.165, 1.54) is 23.5 Å². The molecule has 0 bridgehead atoms. The smallest absolute Gasteiger partial charge is 0.328 e. The van der Waals surface area contributed by atoms with E-state index in [9.17, 15) is 18.0 Å². The first-order valence-corrected chi connectivity index (χ1v) is 9.89. The van der Waals surface area contributed by atoms with Gasteiger partial charge >= 0.3 is 5.97 Å². The molecule has 0 aliphatic carbocycles. The van der Waals surface area contributed by atoms with Crippen LogP contribution in [0, 0.1) is 0 Å². The van der Waals surface area contributed by atoms with Gasteiger partial charge in [-0.15, -0.1) is 0 Å². The fraction of sp³-hybridized carbons (Fsp3) is 0.529. The average Bonchev–Trinajstić information content (AvgIpc) is 2.62. The summed E-state index contributed by atoms with van der Waals surface area (Å²) < 4.78 is 31.4. The molecule has 26 heavy (non-hydrogen) atoms. The van der Waals surface area contributed by atoms with Crippen LogP contribution in [0.2, 0.25) is 0 Å². The number of methoxy groups -OCH3 is 1. The first kappa shape index (κ1) is 20.3. The minimum atomic E-state index is -3.51. The number of ether oxygens (including phenoxy) is 1. The van der Waals surface area contributed by atoms with Crippen molar-refractivity contribution in [2.75, 3.05) is 26.8 Å². The zero-order valence-electron chi connectivity index (χ0n) is 14.7. The Bertz CT molecular complexity index is 726. The topological polar surface area (TPSA) is 113 Å². The number of benzene rings is 1. The Hall–Kier alpha value is -1.97. The Balaban J connectivity index is 2.00. The molecule has 9 heteroatoms. The number of nitrogens with one attached hydrogen (secondary N) is 1. The molecular weight excluding hydrogens is 360 g/mol. The number of carbonyl (C=O) groups excluding carboxylic acids is 1. The summed E-state index contributed by atoms with van der Waals surface area (Å²) in [6.45, 7) is 0.930. The summed E-state index contributed by atoms with van der Waals surface area (Å²) in [7, 11) is -2.16. The molecule has 8 nitrogen and oxygen atoms in total. The summed E-state index contributed by atoms with van der Waals surface area (Å²) in [6, 6.07) is 4.99. The fourth-order valence-electron chi connectivity index (χ4n) is 2.81. The van der Waals surface area contributed by atoms with Gasteiger partial charge in [0.05, 0.1) is 17.9 Å². The third-order valence-corrected chi connectivity index (χ3v) is 6.12. The highest BCUT2D eigenvalue weighted by molar-refractivity contribution is 7.89. The number of sulfonamides is 1. The third-order valence-electron chi connectivity index (χ3n) is 4.21. The van der Waals surface area contributed by atoms with Crippen LogP contribution >= 0.6 is 0 Å². The van der Waals surface area contributed by atoms with Crippen LogP contribution in [-0.2, 0) is 30.8 Å². The van der Waals surface area contributed by atoms with E-state index in [0.717, 1.165) is 19.3 Å². The molecule has 1 unspecified atom stereocenters. The monoisotopic (exact) mass is 384 g/mol. The number of carboxylic acids is 1. The number of piperidine rings is 1. The zero-order valence-corrected chi connectivity index (χ0v) is 15.5. The summed E-state index contributed by atoms with van der Waals surface area (Å²) in [5.41, 5.74) is 0.599. The maximum Gasteiger partial charge on any atom is 0.328 e. The molecule has 2 rings (SSSR count). The van der Waals surface area contributed by atoms with Crippen LogP contribution in [0.1, 0.15) is 24.8 Å². The summed E-state index contributed by atoms with van der Waals surface area (Å²) in [6.07, 6.45) is 2.73. The largest absolute Gasteiger partial charge is 0.480 e. The standard InChI is InChI=1S/C17H24N2O6S/c1-25-12-15(17(21)22)18-16(20)11-13-5-7-14(8-6-13)26(23,24)19-9-3-2-4-10-19/h5-8,15H,2-4,9-12H2,1H3,(H,18,20)(H,21,22). The molecule has 1 aromatic rings. The molecule has 1 fully saturated rings. The van der Waals surface area contributed by atoms with Crippen molar-refractivity contribution < 1.29 is 27.9 Å². The number of amides is 1. The molecule has 0 radical (unpaired) electrons. The summed E-state index contributed by atoms with van der Waals surface area (Å²) in [5, 5.41) is 11.4. The number of carboxylic acid groups (broad SMARTS) is 1. The Labute approximate surface area is 153 Å². The van der Waals surface area contributed by atoms with Crippen molar-refractivity contribution >= 4 is 21.9 Å². The van der Waals surface area contributed by atoms with Gasteiger partial charge < -0.3 is 15.2 Å². The van der Waals surface area contributed by atoms with Crippen molar-refractivity contribution in [3.8, 4) is 0 Å². The summed E-state index contributed by atoms with van der Waals surface area (Å²) in [4.78, 5) is 23.2. The SMILES string of the molecule is COCC(NC(=O)Cc1ccc(S(=O)(=O)N2CCCCC2)cc1)C(=O)O. The maximum atomic E-state index is 12.6. The maximum absolute atomic E-state index is 12.6. The Morgan fingerprint density at radius 2 is 1.81 bits per heavy atom. The zero-order chi connectivity index (χ0) is 19.2. The average molecular weight is 384 g/mol. The van der Waals surface area contributed by atoms with E-state index < -0.39 is 27.9 Å². The normalized spacial score (nSPS) is 16.8. The van der Waals surface area contributed by atoms with Crippen molar-refractivity contribution in [1.29, 1.82) is 0 Å². The molecule has 1 heterocycles. The summed E-state index contributed by atoms with van der Waals surface area (Å²) >= 11 is 0. The van der Waals surface area contributed by atoms with E-state index in [1.54, 1.807) is 12.1 Å². The molecule has 1 amide bonds. The van der Waals surface area contributed by atoms with Crippen LogP contribution in [0.4, 0.5) is 0 Å². The van der Waals surface area contributed by atoms with Gasteiger partial charge in [-0.3, -0.25) is 4.79 Å². The van der Waals surface area contributed by atoms with E-state index in [2.05, 4.69) is 5.32 Å². The van der Waals surface area contributed by atoms with Crippen LogP contribution in [-0.4, -0.2) is 62.6 Å². The van der Waals surface area contributed by atoms with Crippen molar-refractivity contribution in [2.24, 2.45) is 0 Å². The van der Waals surface area contributed by atoms with Gasteiger partial charge in [-0.2, -0.15) is 4.31 Å². The Morgan fingerprint density at radius 3 is 2.35 bits per heavy atom. The minimum Gasteiger partial charge on any atom is -0.480 e. The third kappa shape index (κ3) is 5.26. The second-order valence-electron chi connectivity index (χ2n) is 6.20. The van der Waals surface area contributed by atoms with E-state index in [1.807, 2.05) is 0 Å². The van der Waals surface area contributed by atoms with Gasteiger partial charge in [-0.25, -0.2) is 13.2 Å². The fourth-order valence-corrected chi connectivity index (χ4v) is 4.32. The quantitative estimate of drug-likeness (QED) is 0.679. The number of hydrogen-bond donors (Lipinski definition) is 2. The predicted octanol–water partition coefficient (Wildman–Crippen LogP) is 0.620. The van der Waals surface area contributed by atoms with Gasteiger partial charge in [0.2, 0.25) is 15.9 Å². The van der Waals surface area contributed by atoms with Gasteiger partial charge in [0.25, 0.3) is 0 Å². The molecule has 1 aromatic carbocycles. The van der Waals surface area contributed by atoms with Gasteiger partial charge in [0.15, 0.2) is 6.04 Å². The van der Waals surface area contributed by atoms with Gasteiger partial charge in [0.1, 0.15) is 0 Å². The second-order valence-corrected chi connectivity index (χ2v) is 8.14. The predicted molar refractivity (Wildman–Crippen MR) is 94.2 cm³/mol. The van der Waals surface area contributed by atoms with Crippen LogP contribution in [0.25, 0.3) is 0 Å². The molecule has 2 N–H and O–H groups in total. The molecule has 0 saturated carbocycles. The Kier molecular flexibility index (Phi) is 7.13. The van der Waals surface area contributed by atoms with Gasteiger partial charge in [-0.05, 0) is 30.5 Å². The van der Waals surface area contributed by atoms with E-state index >= 15 is 0 Å². The van der Waals surface area contributed by atoms with Crippen molar-refractivity contribution in [1.82, 2.24) is 9.62 Å². The first-order chi connectivity index (χ1) is 12.3. The number of rotatable bonds is 8. The lowest BCUT2D eigenvalue weighted by Gasteiger charge is -2.25. The molecular formula is C17H24N2O6S. The highest BCUT2D eigenvalue weighted by Crippen LogP contribution is 2.20. The van der Waals surface area contributed by atoms with E-state index in [4.69, 9.17) is 9.84 Å². The van der Waals surface area contributed by atoms with E-state index in [-0.39, 0.29) is 17.9 Å². The minimum absolute atomic E-state index is 0.0441. The van der Waals surface area contributed by atoms with Gasteiger partial charge in [0, 0.05) is 20.2 Å². The lowest BCUT2D eigenvalue weighted by atomic mass is 10.1. The molecule has 144 valence electrons. The number of aliphatic carboxylic acids is 1. The lowest BCUT2D eigenvalue weighted by Crippen LogP contribution is -2.44. The number of nitrogens with zero attached hydrogens (tertiary/aromatic N) is 1. The van der Waals surface area contributed by atoms with E-state index in [0.29, 0.717) is 18.7 Å². The highest BCUT2D eigenvalue weighted by Gasteiger charge is 2.26.